The van der Waals surface area contributed by atoms with Gasteiger partial charge in [-0.05, 0) is 25.8 Å². The van der Waals surface area contributed by atoms with Crippen LogP contribution in [-0.2, 0) is 9.47 Å². The molecule has 0 aliphatic rings. The van der Waals surface area contributed by atoms with Crippen LogP contribution in [0.2, 0.25) is 0 Å². The van der Waals surface area contributed by atoms with Gasteiger partial charge < -0.3 is 19.7 Å². The quantitative estimate of drug-likeness (QED) is 0.298. The molecule has 0 fully saturated rings. The summed E-state index contributed by atoms with van der Waals surface area (Å²) in [6.07, 6.45) is 6.69. The fourth-order valence-electron chi connectivity index (χ4n) is 2.70. The van der Waals surface area contributed by atoms with Gasteiger partial charge in [-0.1, -0.05) is 38.3 Å². The third-order valence-electron chi connectivity index (χ3n) is 4.43. The van der Waals surface area contributed by atoms with Crippen LogP contribution in [0.15, 0.2) is 29.2 Å². The van der Waals surface area contributed by atoms with Crippen LogP contribution in [0, 0.1) is 11.3 Å². The largest absolute Gasteiger partial charge is 0.445 e. The Labute approximate surface area is 182 Å². The molecular weight excluding hydrogens is 404 g/mol. The molecule has 172 valence electrons. The summed E-state index contributed by atoms with van der Waals surface area (Å²) in [5.74, 6) is 0.0187. The van der Waals surface area contributed by atoms with E-state index in [1.165, 1.54) is 38.4 Å². The Hall–Kier alpha value is -2.74. The van der Waals surface area contributed by atoms with Crippen LogP contribution in [0.5, 0.6) is 0 Å². The highest BCUT2D eigenvalue weighted by Crippen LogP contribution is 2.13. The van der Waals surface area contributed by atoms with Gasteiger partial charge in [0.1, 0.15) is 24.8 Å². The van der Waals surface area contributed by atoms with Gasteiger partial charge in [0.2, 0.25) is 0 Å². The predicted octanol–water partition coefficient (Wildman–Crippen LogP) is 2.49. The number of ether oxygens (including phenoxy) is 2. The minimum absolute atomic E-state index is 0.0187. The highest BCUT2D eigenvalue weighted by Gasteiger charge is 2.22. The molecular formula is C21H32N4O6. The molecule has 1 amide bonds. The van der Waals surface area contributed by atoms with E-state index >= 15 is 0 Å². The molecule has 0 aliphatic heterocycles. The van der Waals surface area contributed by atoms with Gasteiger partial charge in [-0.2, -0.15) is 10.2 Å². The number of allylic oxidation sites excluding steroid dienone is 1. The first-order chi connectivity index (χ1) is 14.9. The number of hydrogen-bond donors (Lipinski definition) is 3. The van der Waals surface area contributed by atoms with Crippen LogP contribution < -0.4 is 11.0 Å². The highest BCUT2D eigenvalue weighted by molar-refractivity contribution is 5.83. The third-order valence-corrected chi connectivity index (χ3v) is 4.43. The van der Waals surface area contributed by atoms with Crippen molar-refractivity contribution in [2.24, 2.45) is 0 Å². The van der Waals surface area contributed by atoms with Crippen molar-refractivity contribution in [1.29, 1.82) is 5.26 Å². The molecule has 31 heavy (non-hydrogen) atoms. The predicted molar refractivity (Wildman–Crippen MR) is 114 cm³/mol. The highest BCUT2D eigenvalue weighted by atomic mass is 16.5. The Morgan fingerprint density at radius 3 is 2.81 bits per heavy atom. The second-order valence-corrected chi connectivity index (χ2v) is 6.93. The molecule has 0 spiro atoms. The Balaban J connectivity index is 2.52. The number of aliphatic hydroxyl groups excluding tert-OH is 2. The lowest BCUT2D eigenvalue weighted by atomic mass is 10.1. The van der Waals surface area contributed by atoms with Gasteiger partial charge in [0.15, 0.2) is 0 Å². The smallest absolute Gasteiger partial charge is 0.413 e. The maximum atomic E-state index is 12.2. The molecule has 0 aliphatic carbocycles. The van der Waals surface area contributed by atoms with Crippen molar-refractivity contribution in [2.75, 3.05) is 18.5 Å². The number of hydrogen-bond acceptors (Lipinski definition) is 8. The van der Waals surface area contributed by atoms with E-state index in [0.717, 1.165) is 17.4 Å². The number of nitrogens with zero attached hydrogens (tertiary/aromatic N) is 3. The molecule has 3 atom stereocenters. The number of anilines is 1. The van der Waals surface area contributed by atoms with Crippen molar-refractivity contribution in [3.05, 3.63) is 34.9 Å². The summed E-state index contributed by atoms with van der Waals surface area (Å²) in [4.78, 5) is 27.8. The van der Waals surface area contributed by atoms with Crippen molar-refractivity contribution in [3.63, 3.8) is 0 Å². The molecule has 1 aromatic rings. The van der Waals surface area contributed by atoms with Gasteiger partial charge in [0, 0.05) is 6.20 Å². The van der Waals surface area contributed by atoms with E-state index in [9.17, 15) is 19.8 Å². The molecule has 0 bridgehead atoms. The van der Waals surface area contributed by atoms with Crippen LogP contribution >= 0.6 is 0 Å². The topological polar surface area (TPSA) is 147 Å². The van der Waals surface area contributed by atoms with E-state index in [1.807, 2.05) is 6.08 Å². The summed E-state index contributed by atoms with van der Waals surface area (Å²) in [7, 11) is 0. The Morgan fingerprint density at radius 2 is 2.16 bits per heavy atom. The summed E-state index contributed by atoms with van der Waals surface area (Å²) in [5.41, 5.74) is -0.705. The van der Waals surface area contributed by atoms with Gasteiger partial charge >= 0.3 is 11.8 Å². The van der Waals surface area contributed by atoms with E-state index in [-0.39, 0.29) is 18.8 Å². The SMILES string of the molecule is CCCCCC/C=C\COC(=O)Nc1ccn(C(C)O[C@H](CO)[C@@H](O)CC#N)c(=O)n1. The zero-order chi connectivity index (χ0) is 23.1. The molecule has 10 nitrogen and oxygen atoms in total. The average molecular weight is 437 g/mol. The first-order valence-electron chi connectivity index (χ1n) is 10.4. The van der Waals surface area contributed by atoms with E-state index in [2.05, 4.69) is 17.2 Å². The van der Waals surface area contributed by atoms with Crippen molar-refractivity contribution in [3.8, 4) is 6.07 Å². The van der Waals surface area contributed by atoms with Crippen LogP contribution in [0.3, 0.4) is 0 Å². The van der Waals surface area contributed by atoms with Crippen LogP contribution in [0.25, 0.3) is 0 Å². The number of nitrogens with one attached hydrogen (secondary N) is 1. The number of nitriles is 1. The fraction of sp³-hybridized carbons (Fsp3) is 0.619. The number of unbranched alkanes of at least 4 members (excludes halogenated alkanes) is 4. The number of carbonyl (C=O) groups excluding carboxylic acids is 1. The van der Waals surface area contributed by atoms with E-state index < -0.39 is 36.8 Å². The van der Waals surface area contributed by atoms with Crippen molar-refractivity contribution >= 4 is 11.9 Å². The van der Waals surface area contributed by atoms with Crippen molar-refractivity contribution in [2.45, 2.75) is 70.8 Å². The molecule has 10 heteroatoms. The summed E-state index contributed by atoms with van der Waals surface area (Å²) >= 11 is 0. The monoisotopic (exact) mass is 436 g/mol. The maximum Gasteiger partial charge on any atom is 0.413 e. The number of rotatable bonds is 14. The Kier molecular flexibility index (Phi) is 12.8. The van der Waals surface area contributed by atoms with Gasteiger partial charge in [-0.3, -0.25) is 9.88 Å². The molecule has 0 aromatic carbocycles. The maximum absolute atomic E-state index is 12.2. The van der Waals surface area contributed by atoms with E-state index in [1.54, 1.807) is 12.1 Å². The van der Waals surface area contributed by atoms with Crippen molar-refractivity contribution in [1.82, 2.24) is 9.55 Å². The second kappa shape index (κ2) is 15.1. The number of aliphatic hydroxyl groups is 2. The molecule has 3 N–H and O–H groups in total. The molecule has 1 rings (SSSR count). The molecule has 1 heterocycles. The Morgan fingerprint density at radius 1 is 1.39 bits per heavy atom. The molecule has 1 unspecified atom stereocenters. The molecule has 0 radical (unpaired) electrons. The zero-order valence-corrected chi connectivity index (χ0v) is 18.1. The van der Waals surface area contributed by atoms with Gasteiger partial charge in [0.25, 0.3) is 0 Å². The van der Waals surface area contributed by atoms with E-state index in [0.29, 0.717) is 0 Å². The summed E-state index contributed by atoms with van der Waals surface area (Å²) in [5, 5.41) is 30.1. The van der Waals surface area contributed by atoms with Crippen LogP contribution in [-0.4, -0.2) is 51.3 Å². The summed E-state index contributed by atoms with van der Waals surface area (Å²) < 4.78 is 11.6. The Bertz CT molecular complexity index is 789. The van der Waals surface area contributed by atoms with Crippen LogP contribution in [0.4, 0.5) is 10.6 Å². The first-order valence-corrected chi connectivity index (χ1v) is 10.4. The van der Waals surface area contributed by atoms with Crippen LogP contribution in [0.1, 0.15) is 58.6 Å². The molecule has 0 saturated heterocycles. The minimum atomic E-state index is -1.19. The molecule has 0 saturated carbocycles. The first kappa shape index (κ1) is 26.3. The van der Waals surface area contributed by atoms with Gasteiger partial charge in [-0.25, -0.2) is 9.59 Å². The summed E-state index contributed by atoms with van der Waals surface area (Å²) in [6, 6.07) is 3.18. The molecule has 1 aromatic heterocycles. The number of aromatic nitrogens is 2. The summed E-state index contributed by atoms with van der Waals surface area (Å²) in [6.45, 7) is 3.29. The van der Waals surface area contributed by atoms with E-state index in [4.69, 9.17) is 14.7 Å². The second-order valence-electron chi connectivity index (χ2n) is 6.93. The zero-order valence-electron chi connectivity index (χ0n) is 18.1. The third kappa shape index (κ3) is 10.2. The lowest BCUT2D eigenvalue weighted by molar-refractivity contribution is -0.116. The minimum Gasteiger partial charge on any atom is -0.445 e. The number of amides is 1. The average Bonchev–Trinajstić information content (AvgIpc) is 2.74. The van der Waals surface area contributed by atoms with Gasteiger partial charge in [0.05, 0.1) is 25.2 Å². The lowest BCUT2D eigenvalue weighted by Crippen LogP contribution is -2.37. The normalized spacial score (nSPS) is 14.0. The fourth-order valence-corrected chi connectivity index (χ4v) is 2.70. The van der Waals surface area contributed by atoms with Crippen molar-refractivity contribution < 1.29 is 24.5 Å². The lowest BCUT2D eigenvalue weighted by Gasteiger charge is -2.24. The number of carbonyl (C=O) groups is 1. The van der Waals surface area contributed by atoms with Gasteiger partial charge in [-0.15, -0.1) is 0 Å². The standard InChI is InChI=1S/C21H32N4O6/c1-3-4-5-6-7-8-9-14-30-21(29)24-19-11-13-25(20(28)23-19)16(2)31-18(15-26)17(27)10-12-22/h8-9,11,13,16-18,26-27H,3-7,10,14-15H2,1-2H3,(H,23,24,28,29)/b9-8-/t16?,17-,18+/m0/s1.